The van der Waals surface area contributed by atoms with Crippen LogP contribution in [0.1, 0.15) is 106 Å². The van der Waals surface area contributed by atoms with Crippen LogP contribution >= 0.6 is 0 Å². The Hall–Kier alpha value is -4.53. The number of aromatic nitrogens is 4. The van der Waals surface area contributed by atoms with Gasteiger partial charge in [0.15, 0.2) is 5.78 Å². The Morgan fingerprint density at radius 2 is 1.85 bits per heavy atom. The lowest BCUT2D eigenvalue weighted by Crippen LogP contribution is -2.09. The molecule has 210 valence electrons. The summed E-state index contributed by atoms with van der Waals surface area (Å²) in [6.45, 7) is 7.90. The number of carboxylic acid groups (broad SMARTS) is 1. The molecule has 1 aliphatic carbocycles. The number of H-pyrrole nitrogens is 2. The highest BCUT2D eigenvalue weighted by Gasteiger charge is 2.35. The smallest absolute Gasteiger partial charge is 0.338 e. The molecule has 3 aromatic heterocycles. The monoisotopic (exact) mass is 552 g/mol. The standard InChI is InChI=1S/C32H32N4O5/c1-6-18-14(2)22-13-26-29(32(39)40)16(4)24(35-26)12-23-15(3)19(7-8-28(38)41-5)30(36-23)21-11-27(37)20-9-17(33-31(20)21)10-25(18)34-22/h9-10,12-13,15,19,33,35H,6-8,11H2,1-5H3,(H,39,40)/t15-,19-/m0/s1. The number of esters is 1. The highest BCUT2D eigenvalue weighted by Crippen LogP contribution is 2.44. The van der Waals surface area contributed by atoms with Crippen LogP contribution in [-0.4, -0.2) is 49.9 Å². The molecule has 8 bridgehead atoms. The number of nitrogens with zero attached hydrogens (tertiary/aromatic N) is 2. The molecule has 5 heterocycles. The molecule has 41 heavy (non-hydrogen) atoms. The van der Waals surface area contributed by atoms with Crippen LogP contribution in [0.25, 0.3) is 33.2 Å². The molecule has 0 saturated heterocycles. The molecule has 0 saturated carbocycles. The molecular weight excluding hydrogens is 520 g/mol. The molecule has 2 atom stereocenters. The van der Waals surface area contributed by atoms with E-state index in [1.54, 1.807) is 13.0 Å². The van der Waals surface area contributed by atoms with E-state index < -0.39 is 5.97 Å². The molecule has 0 radical (unpaired) electrons. The van der Waals surface area contributed by atoms with Crippen LogP contribution in [0, 0.1) is 6.92 Å². The van der Waals surface area contributed by atoms with Crippen molar-refractivity contribution in [3.63, 3.8) is 0 Å². The van der Waals surface area contributed by atoms with Crippen molar-refractivity contribution >= 4 is 50.9 Å². The van der Waals surface area contributed by atoms with E-state index in [0.29, 0.717) is 34.3 Å². The number of methoxy groups -OCH3 is 1. The number of ketones is 1. The molecule has 9 nitrogen and oxygen atoms in total. The largest absolute Gasteiger partial charge is 0.478 e. The van der Waals surface area contributed by atoms with Gasteiger partial charge in [-0.3, -0.25) is 14.6 Å². The van der Waals surface area contributed by atoms with Crippen molar-refractivity contribution in [1.82, 2.24) is 19.9 Å². The number of hydrogen-bond acceptors (Lipinski definition) is 6. The van der Waals surface area contributed by atoms with Gasteiger partial charge in [0.1, 0.15) is 0 Å². The lowest BCUT2D eigenvalue weighted by atomic mass is 9.85. The molecule has 0 unspecified atom stereocenters. The van der Waals surface area contributed by atoms with Crippen LogP contribution in [0.5, 0.6) is 0 Å². The van der Waals surface area contributed by atoms with Gasteiger partial charge in [-0.2, -0.15) is 0 Å². The van der Waals surface area contributed by atoms with Gasteiger partial charge in [0, 0.05) is 52.5 Å². The zero-order chi connectivity index (χ0) is 29.2. The van der Waals surface area contributed by atoms with Gasteiger partial charge in [-0.15, -0.1) is 0 Å². The number of aromatic carboxylic acids is 1. The molecule has 3 aliphatic rings. The second kappa shape index (κ2) is 9.83. The SMILES string of the molecule is CCC1=C(C)c2cc3[nH]c(cc4nc(c5c6[nH]c(cc1n2)cc6C(=O)C5)[C@@H](CCC(=O)OC)[C@@H]4C)c(C)c3C(=O)O. The summed E-state index contributed by atoms with van der Waals surface area (Å²) in [5, 5.41) is 10.1. The zero-order valence-electron chi connectivity index (χ0n) is 23.8. The van der Waals surface area contributed by atoms with Gasteiger partial charge < -0.3 is 19.8 Å². The molecule has 0 aromatic carbocycles. The summed E-state index contributed by atoms with van der Waals surface area (Å²) in [6, 6.07) is 7.51. The first-order chi connectivity index (χ1) is 19.6. The summed E-state index contributed by atoms with van der Waals surface area (Å²) < 4.78 is 4.91. The summed E-state index contributed by atoms with van der Waals surface area (Å²) in [5.74, 6) is -1.49. The lowest BCUT2D eigenvalue weighted by Gasteiger charge is -2.16. The maximum Gasteiger partial charge on any atom is 0.338 e. The minimum Gasteiger partial charge on any atom is -0.478 e. The average molecular weight is 553 g/mol. The Bertz CT molecular complexity index is 1860. The lowest BCUT2D eigenvalue weighted by molar-refractivity contribution is -0.140. The molecule has 0 fully saturated rings. The van der Waals surface area contributed by atoms with Crippen LogP contribution in [0.2, 0.25) is 0 Å². The van der Waals surface area contributed by atoms with Crippen molar-refractivity contribution in [2.45, 2.75) is 65.2 Å². The number of carbonyl (C=O) groups excluding carboxylic acids is 2. The second-order valence-electron chi connectivity index (χ2n) is 11.1. The summed E-state index contributed by atoms with van der Waals surface area (Å²) in [5.41, 5.74) is 10.0. The number of carboxylic acids is 1. The molecular formula is C32H32N4O5. The highest BCUT2D eigenvalue weighted by atomic mass is 16.5. The maximum absolute atomic E-state index is 13.2. The first-order valence-corrected chi connectivity index (χ1v) is 13.9. The Morgan fingerprint density at radius 3 is 2.56 bits per heavy atom. The van der Waals surface area contributed by atoms with E-state index in [4.69, 9.17) is 14.7 Å². The maximum atomic E-state index is 13.2. The molecule has 2 aliphatic heterocycles. The number of Topliss-reactive ketones (excluding diaryl/α,β-unsaturated/α-hetero) is 1. The predicted octanol–water partition coefficient (Wildman–Crippen LogP) is 6.24. The Morgan fingerprint density at radius 1 is 1.07 bits per heavy atom. The number of aromatic amines is 2. The third-order valence-corrected chi connectivity index (χ3v) is 8.78. The number of rotatable bonds is 5. The van der Waals surface area contributed by atoms with Crippen molar-refractivity contribution in [3.8, 4) is 0 Å². The van der Waals surface area contributed by atoms with Crippen LogP contribution in [0.15, 0.2) is 24.3 Å². The van der Waals surface area contributed by atoms with Crippen molar-refractivity contribution in [1.29, 1.82) is 0 Å². The Kier molecular flexibility index (Phi) is 6.40. The van der Waals surface area contributed by atoms with Crippen LogP contribution in [0.4, 0.5) is 0 Å². The third kappa shape index (κ3) is 4.27. The molecule has 9 heteroatoms. The van der Waals surface area contributed by atoms with E-state index in [1.165, 1.54) is 7.11 Å². The van der Waals surface area contributed by atoms with Crippen molar-refractivity contribution in [2.24, 2.45) is 0 Å². The van der Waals surface area contributed by atoms with E-state index in [2.05, 4.69) is 23.8 Å². The van der Waals surface area contributed by atoms with Crippen LogP contribution < -0.4 is 0 Å². The van der Waals surface area contributed by atoms with Gasteiger partial charge in [-0.25, -0.2) is 9.78 Å². The number of aryl methyl sites for hydroxylation is 1. The van der Waals surface area contributed by atoms with E-state index in [-0.39, 0.29) is 42.0 Å². The fourth-order valence-corrected chi connectivity index (χ4v) is 6.49. The molecule has 0 amide bonds. The predicted molar refractivity (Wildman–Crippen MR) is 156 cm³/mol. The number of ether oxygens (including phenoxy) is 1. The molecule has 3 N–H and O–H groups in total. The highest BCUT2D eigenvalue weighted by molar-refractivity contribution is 6.11. The van der Waals surface area contributed by atoms with Gasteiger partial charge in [0.05, 0.1) is 40.8 Å². The summed E-state index contributed by atoms with van der Waals surface area (Å²) in [7, 11) is 1.37. The van der Waals surface area contributed by atoms with Crippen molar-refractivity contribution in [2.75, 3.05) is 7.11 Å². The zero-order valence-corrected chi connectivity index (χ0v) is 23.8. The van der Waals surface area contributed by atoms with Gasteiger partial charge in [0.25, 0.3) is 0 Å². The van der Waals surface area contributed by atoms with Gasteiger partial charge >= 0.3 is 11.9 Å². The third-order valence-electron chi connectivity index (χ3n) is 8.78. The number of fused-ring (bicyclic) bond motifs is 8. The normalized spacial score (nSPS) is 17.8. The number of carbonyl (C=O) groups is 3. The molecule has 6 rings (SSSR count). The quantitative estimate of drug-likeness (QED) is 0.318. The molecule has 0 spiro atoms. The number of hydrogen-bond donors (Lipinski definition) is 3. The summed E-state index contributed by atoms with van der Waals surface area (Å²) >= 11 is 0. The summed E-state index contributed by atoms with van der Waals surface area (Å²) in [6.07, 6.45) is 1.72. The number of allylic oxidation sites excluding steroid dienone is 2. The fourth-order valence-electron chi connectivity index (χ4n) is 6.49. The van der Waals surface area contributed by atoms with E-state index in [0.717, 1.165) is 51.2 Å². The molecule has 3 aromatic rings. The van der Waals surface area contributed by atoms with E-state index >= 15 is 0 Å². The summed E-state index contributed by atoms with van der Waals surface area (Å²) in [4.78, 5) is 54.4. The average Bonchev–Trinajstić information content (AvgIpc) is 3.70. The van der Waals surface area contributed by atoms with Gasteiger partial charge in [0.2, 0.25) is 0 Å². The van der Waals surface area contributed by atoms with Crippen molar-refractivity contribution in [3.05, 3.63) is 69.3 Å². The minimum atomic E-state index is -1.02. The van der Waals surface area contributed by atoms with Gasteiger partial charge in [-0.1, -0.05) is 13.8 Å². The topological polar surface area (TPSA) is 138 Å². The fraction of sp³-hybridized carbons (Fsp3) is 0.344. The minimum absolute atomic E-state index is 0.0267. The van der Waals surface area contributed by atoms with Crippen LogP contribution in [-0.2, 0) is 16.0 Å². The Balaban J connectivity index is 1.73. The van der Waals surface area contributed by atoms with Gasteiger partial charge in [-0.05, 0) is 67.7 Å². The number of nitrogens with one attached hydrogen (secondary N) is 2. The van der Waals surface area contributed by atoms with E-state index in [1.807, 2.05) is 25.1 Å². The second-order valence-corrected chi connectivity index (χ2v) is 11.1. The first kappa shape index (κ1) is 26.7. The van der Waals surface area contributed by atoms with Crippen LogP contribution in [0.3, 0.4) is 0 Å². The Labute approximate surface area is 236 Å². The van der Waals surface area contributed by atoms with Crippen molar-refractivity contribution < 1.29 is 24.2 Å². The van der Waals surface area contributed by atoms with E-state index in [9.17, 15) is 19.5 Å². The first-order valence-electron chi connectivity index (χ1n) is 13.9.